The molecule has 1 saturated carbocycles. The Kier molecular flexibility index (Phi) is 9.21. The van der Waals surface area contributed by atoms with Crippen molar-refractivity contribution in [2.24, 2.45) is 11.8 Å². The molecular weight excluding hydrogens is 522 g/mol. The first-order valence-electron chi connectivity index (χ1n) is 12.4. The van der Waals surface area contributed by atoms with Crippen LogP contribution in [0.1, 0.15) is 51.0 Å². The Morgan fingerprint density at radius 1 is 0.921 bits per heavy atom. The average molecular weight is 554 g/mol. The lowest BCUT2D eigenvalue weighted by Gasteiger charge is -2.38. The van der Waals surface area contributed by atoms with Gasteiger partial charge < -0.3 is 14.7 Å². The summed E-state index contributed by atoms with van der Waals surface area (Å²) >= 11 is 0. The Balaban J connectivity index is 1.84. The zero-order valence-corrected chi connectivity index (χ0v) is 21.0. The molecule has 3 rings (SSSR count). The second-order valence-electron chi connectivity index (χ2n) is 10.1. The van der Waals surface area contributed by atoms with E-state index in [1.54, 1.807) is 18.2 Å². The summed E-state index contributed by atoms with van der Waals surface area (Å²) < 4.78 is 112. The molecule has 2 aromatic rings. The van der Waals surface area contributed by atoms with Crippen LogP contribution in [0.15, 0.2) is 48.5 Å². The number of ether oxygens (including phenoxy) is 1. The normalized spacial score (nSPS) is 19.9. The predicted molar refractivity (Wildman–Crippen MR) is 128 cm³/mol. The zero-order valence-electron chi connectivity index (χ0n) is 21.0. The molecule has 3 atom stereocenters. The number of rotatable bonds is 9. The molecule has 1 N–H and O–H groups in total. The monoisotopic (exact) mass is 553 g/mol. The van der Waals surface area contributed by atoms with Gasteiger partial charge in [0, 0.05) is 24.2 Å². The summed E-state index contributed by atoms with van der Waals surface area (Å²) in [7, 11) is 0. The first-order chi connectivity index (χ1) is 17.6. The molecule has 0 amide bonds. The molecule has 0 bridgehead atoms. The van der Waals surface area contributed by atoms with Gasteiger partial charge in [-0.25, -0.2) is 0 Å². The molecule has 0 radical (unpaired) electrons. The van der Waals surface area contributed by atoms with Crippen LogP contribution >= 0.6 is 0 Å². The summed E-state index contributed by atoms with van der Waals surface area (Å²) in [6.45, 7) is 2.87. The van der Waals surface area contributed by atoms with Gasteiger partial charge in [-0.1, -0.05) is 38.5 Å². The van der Waals surface area contributed by atoms with E-state index in [9.17, 15) is 40.2 Å². The maximum absolute atomic E-state index is 14.0. The third kappa shape index (κ3) is 7.51. The van der Waals surface area contributed by atoms with E-state index < -0.39 is 49.2 Å². The van der Waals surface area contributed by atoms with E-state index in [2.05, 4.69) is 0 Å². The van der Waals surface area contributed by atoms with Crippen LogP contribution in [0.25, 0.3) is 0 Å². The van der Waals surface area contributed by atoms with Crippen LogP contribution in [-0.4, -0.2) is 42.6 Å². The highest BCUT2D eigenvalue weighted by Crippen LogP contribution is 2.48. The highest BCUT2D eigenvalue weighted by atomic mass is 19.4. The minimum atomic E-state index is -5.70. The van der Waals surface area contributed by atoms with E-state index >= 15 is 0 Å². The molecular formula is C27H31F8NO2. The Hall–Kier alpha value is -2.56. The van der Waals surface area contributed by atoms with Gasteiger partial charge in [0.15, 0.2) is 6.10 Å². The number of benzene rings is 2. The summed E-state index contributed by atoms with van der Waals surface area (Å²) in [5.74, 6) is -6.55. The van der Waals surface area contributed by atoms with E-state index in [1.165, 1.54) is 23.1 Å². The SMILES string of the molecule is CC(C)c1cccc(Oc2cccc(N(CC3CCCC(C(F)(F)C(F)(F)F)C3)CC(O)C(F)(F)F)c2)c1. The molecule has 0 aromatic heterocycles. The predicted octanol–water partition coefficient (Wildman–Crippen LogP) is 8.34. The summed E-state index contributed by atoms with van der Waals surface area (Å²) in [5.41, 5.74) is 1.23. The first kappa shape index (κ1) is 30.0. The van der Waals surface area contributed by atoms with Crippen molar-refractivity contribution in [3.8, 4) is 11.5 Å². The van der Waals surface area contributed by atoms with Crippen LogP contribution in [0.3, 0.4) is 0 Å². The van der Waals surface area contributed by atoms with E-state index in [1.807, 2.05) is 26.0 Å². The number of aliphatic hydroxyl groups excluding tert-OH is 1. The first-order valence-corrected chi connectivity index (χ1v) is 12.4. The molecule has 1 fully saturated rings. The van der Waals surface area contributed by atoms with E-state index in [-0.39, 0.29) is 37.4 Å². The van der Waals surface area contributed by atoms with Gasteiger partial charge >= 0.3 is 18.3 Å². The highest BCUT2D eigenvalue weighted by molar-refractivity contribution is 5.52. The Morgan fingerprint density at radius 3 is 2.16 bits per heavy atom. The highest BCUT2D eigenvalue weighted by Gasteiger charge is 2.62. The lowest BCUT2D eigenvalue weighted by atomic mass is 9.77. The number of hydrogen-bond donors (Lipinski definition) is 1. The van der Waals surface area contributed by atoms with Crippen LogP contribution in [0.5, 0.6) is 11.5 Å². The second kappa shape index (κ2) is 11.7. The van der Waals surface area contributed by atoms with Crippen LogP contribution < -0.4 is 9.64 Å². The molecule has 1 aliphatic carbocycles. The molecule has 38 heavy (non-hydrogen) atoms. The van der Waals surface area contributed by atoms with Crippen molar-refractivity contribution in [2.45, 2.75) is 69.8 Å². The molecule has 3 unspecified atom stereocenters. The van der Waals surface area contributed by atoms with E-state index in [0.717, 1.165) is 5.56 Å². The summed E-state index contributed by atoms with van der Waals surface area (Å²) in [6, 6.07) is 13.3. The molecule has 0 aliphatic heterocycles. The van der Waals surface area contributed by atoms with Crippen LogP contribution in [-0.2, 0) is 0 Å². The minimum Gasteiger partial charge on any atom is -0.457 e. The number of anilines is 1. The third-order valence-electron chi connectivity index (χ3n) is 6.87. The van der Waals surface area contributed by atoms with Gasteiger partial charge in [0.1, 0.15) is 11.5 Å². The summed E-state index contributed by atoms with van der Waals surface area (Å²) in [4.78, 5) is 1.17. The van der Waals surface area contributed by atoms with Gasteiger partial charge in [0.2, 0.25) is 0 Å². The fraction of sp³-hybridized carbons (Fsp3) is 0.556. The maximum atomic E-state index is 14.0. The van der Waals surface area contributed by atoms with Gasteiger partial charge in [0.25, 0.3) is 0 Å². The third-order valence-corrected chi connectivity index (χ3v) is 6.87. The number of halogens is 8. The quantitative estimate of drug-likeness (QED) is 0.317. The second-order valence-corrected chi connectivity index (χ2v) is 10.1. The molecule has 3 nitrogen and oxygen atoms in total. The largest absolute Gasteiger partial charge is 0.457 e. The van der Waals surface area contributed by atoms with Gasteiger partial charge in [0.05, 0.1) is 6.54 Å². The molecule has 11 heteroatoms. The van der Waals surface area contributed by atoms with Gasteiger partial charge in [-0.2, -0.15) is 35.1 Å². The van der Waals surface area contributed by atoms with Crippen LogP contribution in [0, 0.1) is 11.8 Å². The van der Waals surface area contributed by atoms with Crippen molar-refractivity contribution >= 4 is 5.69 Å². The number of alkyl halides is 8. The fourth-order valence-electron chi connectivity index (χ4n) is 4.74. The van der Waals surface area contributed by atoms with Crippen molar-refractivity contribution in [3.63, 3.8) is 0 Å². The van der Waals surface area contributed by atoms with Crippen molar-refractivity contribution in [3.05, 3.63) is 54.1 Å². The fourth-order valence-corrected chi connectivity index (χ4v) is 4.74. The van der Waals surface area contributed by atoms with Gasteiger partial charge in [-0.15, -0.1) is 0 Å². The molecule has 0 saturated heterocycles. The number of hydrogen-bond acceptors (Lipinski definition) is 3. The summed E-state index contributed by atoms with van der Waals surface area (Å²) in [5, 5.41) is 9.76. The van der Waals surface area contributed by atoms with Crippen LogP contribution in [0.2, 0.25) is 0 Å². The molecule has 1 aliphatic rings. The van der Waals surface area contributed by atoms with Crippen molar-refractivity contribution in [2.75, 3.05) is 18.0 Å². The topological polar surface area (TPSA) is 32.7 Å². The average Bonchev–Trinajstić information content (AvgIpc) is 2.83. The molecule has 0 heterocycles. The Labute approximate surface area is 216 Å². The smallest absolute Gasteiger partial charge is 0.453 e. The van der Waals surface area contributed by atoms with Gasteiger partial charge in [-0.05, 0) is 60.9 Å². The standard InChI is InChI=1S/C27H31F8NO2/c1-17(2)19-7-4-10-22(13-19)38-23-11-5-9-21(14-23)36(16-24(37)26(30,31)32)15-18-6-3-8-20(12-18)25(28,29)27(33,34)35/h4-5,7,9-11,13-14,17-18,20,24,37H,3,6,8,12,15-16H2,1-2H3. The molecule has 0 spiro atoms. The van der Waals surface area contributed by atoms with Gasteiger partial charge in [-0.3, -0.25) is 0 Å². The molecule has 2 aromatic carbocycles. The zero-order chi connectivity index (χ0) is 28.3. The van der Waals surface area contributed by atoms with Crippen molar-refractivity contribution < 1.29 is 45.0 Å². The van der Waals surface area contributed by atoms with Crippen LogP contribution in [0.4, 0.5) is 40.8 Å². The number of nitrogens with zero attached hydrogens (tertiary/aromatic N) is 1. The van der Waals surface area contributed by atoms with Crippen molar-refractivity contribution in [1.29, 1.82) is 0 Å². The van der Waals surface area contributed by atoms with E-state index in [0.29, 0.717) is 11.5 Å². The lowest BCUT2D eigenvalue weighted by Crippen LogP contribution is -2.47. The lowest BCUT2D eigenvalue weighted by molar-refractivity contribution is -0.306. The number of aliphatic hydroxyl groups is 1. The Bertz CT molecular complexity index is 1050. The van der Waals surface area contributed by atoms with Crippen molar-refractivity contribution in [1.82, 2.24) is 0 Å². The maximum Gasteiger partial charge on any atom is 0.453 e. The Morgan fingerprint density at radius 2 is 1.55 bits per heavy atom. The minimum absolute atomic E-state index is 0.0893. The molecule has 212 valence electrons. The van der Waals surface area contributed by atoms with E-state index in [4.69, 9.17) is 4.74 Å². The summed E-state index contributed by atoms with van der Waals surface area (Å²) in [6.07, 6.45) is -13.8.